The van der Waals surface area contributed by atoms with Crippen molar-refractivity contribution in [3.63, 3.8) is 0 Å². The molecule has 16 heavy (non-hydrogen) atoms. The van der Waals surface area contributed by atoms with E-state index in [9.17, 15) is 9.18 Å². The zero-order valence-corrected chi connectivity index (χ0v) is 9.66. The lowest BCUT2D eigenvalue weighted by atomic mass is 10.2. The Morgan fingerprint density at radius 2 is 2.25 bits per heavy atom. The molecule has 0 bridgehead atoms. The van der Waals surface area contributed by atoms with Crippen LogP contribution >= 0.6 is 11.6 Å². The summed E-state index contributed by atoms with van der Waals surface area (Å²) < 4.78 is 12.8. The molecule has 1 aromatic carbocycles. The monoisotopic (exact) mass is 243 g/mol. The van der Waals surface area contributed by atoms with Gasteiger partial charge in [0.25, 0.3) is 5.91 Å². The summed E-state index contributed by atoms with van der Waals surface area (Å²) in [7, 11) is 2.88. The van der Waals surface area contributed by atoms with Crippen LogP contribution in [0.2, 0.25) is 5.02 Å². The number of halogens is 2. The van der Waals surface area contributed by atoms with Gasteiger partial charge in [-0.15, -0.1) is 0 Å². The van der Waals surface area contributed by atoms with Crippen LogP contribution in [0.4, 0.5) is 4.39 Å². The standard InChI is InChI=1S/C11H11ClFNO2/c1-14(16-2)11(15)6-4-8-3-5-10(13)9(12)7-8/h3-7H,1-2H3/b6-4-. The molecular weight excluding hydrogens is 233 g/mol. The van der Waals surface area contributed by atoms with Gasteiger partial charge in [-0.1, -0.05) is 17.7 Å². The summed E-state index contributed by atoms with van der Waals surface area (Å²) in [5, 5.41) is 1.09. The predicted molar refractivity (Wildman–Crippen MR) is 60.2 cm³/mol. The van der Waals surface area contributed by atoms with Crippen LogP contribution in [0.25, 0.3) is 6.08 Å². The fourth-order valence-electron chi connectivity index (χ4n) is 0.979. The Hall–Kier alpha value is -1.39. The van der Waals surface area contributed by atoms with Gasteiger partial charge >= 0.3 is 0 Å². The summed E-state index contributed by atoms with van der Waals surface area (Å²) in [5.41, 5.74) is 0.643. The van der Waals surface area contributed by atoms with Crippen LogP contribution in [0.3, 0.4) is 0 Å². The van der Waals surface area contributed by atoms with Gasteiger partial charge in [-0.3, -0.25) is 9.63 Å². The molecule has 0 unspecified atom stereocenters. The molecular formula is C11H11ClFNO2. The fourth-order valence-corrected chi connectivity index (χ4v) is 1.17. The minimum Gasteiger partial charge on any atom is -0.274 e. The van der Waals surface area contributed by atoms with E-state index in [1.165, 1.54) is 44.5 Å². The molecule has 86 valence electrons. The third-order valence-electron chi connectivity index (χ3n) is 1.95. The van der Waals surface area contributed by atoms with Crippen LogP contribution in [0.5, 0.6) is 0 Å². The molecule has 0 saturated heterocycles. The van der Waals surface area contributed by atoms with Crippen molar-refractivity contribution in [2.45, 2.75) is 0 Å². The van der Waals surface area contributed by atoms with Gasteiger partial charge in [-0.05, 0) is 23.8 Å². The van der Waals surface area contributed by atoms with Crippen molar-refractivity contribution >= 4 is 23.6 Å². The molecule has 0 spiro atoms. The Balaban J connectivity index is 2.77. The van der Waals surface area contributed by atoms with Gasteiger partial charge in [0.05, 0.1) is 12.1 Å². The second-order valence-corrected chi connectivity index (χ2v) is 3.43. The second-order valence-electron chi connectivity index (χ2n) is 3.03. The smallest absolute Gasteiger partial charge is 0.269 e. The molecule has 1 amide bonds. The first kappa shape index (κ1) is 12.7. The lowest BCUT2D eigenvalue weighted by Gasteiger charge is -2.09. The third kappa shape index (κ3) is 3.32. The highest BCUT2D eigenvalue weighted by Crippen LogP contribution is 2.16. The van der Waals surface area contributed by atoms with Crippen LogP contribution < -0.4 is 0 Å². The van der Waals surface area contributed by atoms with E-state index >= 15 is 0 Å². The maximum Gasteiger partial charge on any atom is 0.269 e. The van der Waals surface area contributed by atoms with Crippen LogP contribution in [-0.4, -0.2) is 25.1 Å². The Bertz CT molecular complexity index is 420. The highest BCUT2D eigenvalue weighted by Gasteiger charge is 2.03. The average molecular weight is 244 g/mol. The normalized spacial score (nSPS) is 10.8. The maximum absolute atomic E-state index is 12.8. The summed E-state index contributed by atoms with van der Waals surface area (Å²) >= 11 is 5.59. The first-order valence-corrected chi connectivity index (χ1v) is 4.87. The van der Waals surface area contributed by atoms with Crippen molar-refractivity contribution < 1.29 is 14.0 Å². The summed E-state index contributed by atoms with van der Waals surface area (Å²) in [6.07, 6.45) is 2.84. The number of hydrogen-bond acceptors (Lipinski definition) is 2. The van der Waals surface area contributed by atoms with Crippen molar-refractivity contribution in [1.29, 1.82) is 0 Å². The molecule has 0 aliphatic carbocycles. The Morgan fingerprint density at radius 1 is 1.56 bits per heavy atom. The first-order chi connectivity index (χ1) is 7.54. The molecule has 0 aromatic heterocycles. The van der Waals surface area contributed by atoms with E-state index in [-0.39, 0.29) is 10.9 Å². The summed E-state index contributed by atoms with van der Waals surface area (Å²) in [4.78, 5) is 16.0. The minimum absolute atomic E-state index is 0.0229. The average Bonchev–Trinajstić information content (AvgIpc) is 2.29. The fraction of sp³-hybridized carbons (Fsp3) is 0.182. The topological polar surface area (TPSA) is 29.5 Å². The van der Waals surface area contributed by atoms with Gasteiger partial charge < -0.3 is 0 Å². The number of hydrogen-bond donors (Lipinski definition) is 0. The molecule has 0 heterocycles. The van der Waals surface area contributed by atoms with Gasteiger partial charge in [-0.2, -0.15) is 0 Å². The number of nitrogens with zero attached hydrogens (tertiary/aromatic N) is 1. The van der Waals surface area contributed by atoms with Crippen molar-refractivity contribution in [1.82, 2.24) is 5.06 Å². The molecule has 0 aliphatic heterocycles. The Kier molecular flexibility index (Phi) is 4.46. The number of benzene rings is 1. The molecule has 0 aliphatic rings. The highest BCUT2D eigenvalue weighted by molar-refractivity contribution is 6.30. The third-order valence-corrected chi connectivity index (χ3v) is 2.24. The van der Waals surface area contributed by atoms with Gasteiger partial charge in [-0.25, -0.2) is 9.45 Å². The minimum atomic E-state index is -0.487. The van der Waals surface area contributed by atoms with Gasteiger partial charge in [0, 0.05) is 13.1 Å². The largest absolute Gasteiger partial charge is 0.274 e. The molecule has 1 rings (SSSR count). The van der Waals surface area contributed by atoms with E-state index in [1.54, 1.807) is 0 Å². The van der Waals surface area contributed by atoms with E-state index in [1.807, 2.05) is 0 Å². The summed E-state index contributed by atoms with van der Waals surface area (Å²) in [6, 6.07) is 4.21. The number of rotatable bonds is 3. The lowest BCUT2D eigenvalue weighted by Crippen LogP contribution is -2.22. The highest BCUT2D eigenvalue weighted by atomic mass is 35.5. The molecule has 3 nitrogen and oxygen atoms in total. The zero-order valence-electron chi connectivity index (χ0n) is 8.91. The molecule has 0 atom stereocenters. The van der Waals surface area contributed by atoms with E-state index < -0.39 is 5.82 Å². The SMILES string of the molecule is CON(C)C(=O)/C=C\c1ccc(F)c(Cl)c1. The number of carbonyl (C=O) groups excluding carboxylic acids is 1. The molecule has 0 N–H and O–H groups in total. The van der Waals surface area contributed by atoms with E-state index in [4.69, 9.17) is 11.6 Å². The first-order valence-electron chi connectivity index (χ1n) is 4.49. The van der Waals surface area contributed by atoms with Crippen molar-refractivity contribution in [3.05, 3.63) is 40.7 Å². The van der Waals surface area contributed by atoms with Crippen molar-refractivity contribution in [2.75, 3.05) is 14.2 Å². The van der Waals surface area contributed by atoms with Crippen LogP contribution in [-0.2, 0) is 9.63 Å². The van der Waals surface area contributed by atoms with Gasteiger partial charge in [0.2, 0.25) is 0 Å². The second kappa shape index (κ2) is 5.63. The van der Waals surface area contributed by atoms with E-state index in [0.717, 1.165) is 5.06 Å². The van der Waals surface area contributed by atoms with Gasteiger partial charge in [0.1, 0.15) is 5.82 Å². The van der Waals surface area contributed by atoms with Crippen molar-refractivity contribution in [3.8, 4) is 0 Å². The van der Waals surface area contributed by atoms with Gasteiger partial charge in [0.15, 0.2) is 0 Å². The van der Waals surface area contributed by atoms with Crippen molar-refractivity contribution in [2.24, 2.45) is 0 Å². The Morgan fingerprint density at radius 3 is 2.81 bits per heavy atom. The quantitative estimate of drug-likeness (QED) is 0.603. The van der Waals surface area contributed by atoms with E-state index in [2.05, 4.69) is 4.84 Å². The van der Waals surface area contributed by atoms with Crippen LogP contribution in [0.15, 0.2) is 24.3 Å². The molecule has 0 saturated carbocycles. The lowest BCUT2D eigenvalue weighted by molar-refractivity contribution is -0.162. The number of likely N-dealkylation sites (N-methyl/N-ethyl adjacent to an activating group) is 1. The van der Waals surface area contributed by atoms with Crippen LogP contribution in [0.1, 0.15) is 5.56 Å². The zero-order chi connectivity index (χ0) is 12.1. The Labute approximate surface area is 98.0 Å². The van der Waals surface area contributed by atoms with E-state index in [0.29, 0.717) is 5.56 Å². The predicted octanol–water partition coefficient (Wildman–Crippen LogP) is 2.51. The summed E-state index contributed by atoms with van der Waals surface area (Å²) in [5.74, 6) is -0.804. The number of hydroxylamine groups is 2. The molecule has 0 radical (unpaired) electrons. The molecule has 0 fully saturated rings. The maximum atomic E-state index is 12.8. The number of carbonyl (C=O) groups is 1. The number of amides is 1. The summed E-state index contributed by atoms with van der Waals surface area (Å²) in [6.45, 7) is 0. The molecule has 1 aromatic rings. The molecule has 5 heteroatoms. The van der Waals surface area contributed by atoms with Crippen LogP contribution in [0, 0.1) is 5.82 Å².